The maximum Gasteiger partial charge on any atom is 0.136 e. The van der Waals surface area contributed by atoms with Crippen LogP contribution >= 0.6 is 11.3 Å². The highest BCUT2D eigenvalue weighted by Gasteiger charge is 2.14. The van der Waals surface area contributed by atoms with E-state index in [-0.39, 0.29) is 10.6 Å². The van der Waals surface area contributed by atoms with E-state index in [2.05, 4.69) is 4.98 Å². The fraction of sp³-hybridized carbons (Fsp3) is 0. The van der Waals surface area contributed by atoms with E-state index in [1.165, 1.54) is 12.3 Å². The van der Waals surface area contributed by atoms with Crippen LogP contribution in [0.4, 0.5) is 8.78 Å². The molecule has 0 saturated carbocycles. The van der Waals surface area contributed by atoms with Gasteiger partial charge in [0.05, 0.1) is 11.8 Å². The van der Waals surface area contributed by atoms with Gasteiger partial charge in [-0.15, -0.1) is 11.3 Å². The van der Waals surface area contributed by atoms with Gasteiger partial charge in [-0.1, -0.05) is 6.07 Å². The molecular formula is C10H4F2N2S. The number of rotatable bonds is 1. The maximum absolute atomic E-state index is 13.3. The van der Waals surface area contributed by atoms with E-state index in [0.717, 1.165) is 23.5 Å². The third-order valence-electron chi connectivity index (χ3n) is 1.79. The Morgan fingerprint density at radius 1 is 1.27 bits per heavy atom. The van der Waals surface area contributed by atoms with Gasteiger partial charge in [-0.3, -0.25) is 0 Å². The van der Waals surface area contributed by atoms with Gasteiger partial charge in [0.15, 0.2) is 0 Å². The highest BCUT2D eigenvalue weighted by atomic mass is 32.1. The molecule has 0 fully saturated rings. The second-order valence-corrected chi connectivity index (χ2v) is 3.77. The molecular weight excluding hydrogens is 218 g/mol. The monoisotopic (exact) mass is 222 g/mol. The summed E-state index contributed by atoms with van der Waals surface area (Å²) in [6.45, 7) is 0. The molecule has 0 saturated heterocycles. The third-order valence-corrected chi connectivity index (χ3v) is 2.71. The van der Waals surface area contributed by atoms with Crippen molar-refractivity contribution < 1.29 is 8.78 Å². The van der Waals surface area contributed by atoms with Crippen molar-refractivity contribution in [2.45, 2.75) is 0 Å². The third kappa shape index (κ3) is 1.72. The van der Waals surface area contributed by atoms with Gasteiger partial charge in [0.2, 0.25) is 0 Å². The molecule has 0 radical (unpaired) electrons. The summed E-state index contributed by atoms with van der Waals surface area (Å²) in [4.78, 5) is 4.12. The molecule has 15 heavy (non-hydrogen) atoms. The highest BCUT2D eigenvalue weighted by Crippen LogP contribution is 2.29. The van der Waals surface area contributed by atoms with E-state index in [9.17, 15) is 8.78 Å². The van der Waals surface area contributed by atoms with Crippen LogP contribution in [0.2, 0.25) is 0 Å². The lowest BCUT2D eigenvalue weighted by molar-refractivity contribution is 0.589. The Hall–Kier alpha value is -1.80. The number of aromatic nitrogens is 1. The molecule has 0 atom stereocenters. The van der Waals surface area contributed by atoms with Gasteiger partial charge < -0.3 is 0 Å². The summed E-state index contributed by atoms with van der Waals surface area (Å²) in [6.07, 6.45) is 1.30. The van der Waals surface area contributed by atoms with Crippen molar-refractivity contribution in [1.82, 2.24) is 4.98 Å². The van der Waals surface area contributed by atoms with Crippen LogP contribution in [0, 0.1) is 23.0 Å². The predicted octanol–water partition coefficient (Wildman–Crippen LogP) is 2.96. The molecule has 0 bridgehead atoms. The minimum Gasteiger partial charge on any atom is -0.243 e. The van der Waals surface area contributed by atoms with Gasteiger partial charge in [0, 0.05) is 0 Å². The van der Waals surface area contributed by atoms with E-state index in [1.54, 1.807) is 0 Å². The van der Waals surface area contributed by atoms with E-state index < -0.39 is 11.6 Å². The number of benzene rings is 1. The van der Waals surface area contributed by atoms with E-state index >= 15 is 0 Å². The van der Waals surface area contributed by atoms with E-state index in [0.29, 0.717) is 4.88 Å². The standard InChI is InChI=1S/C10H4F2N2S/c11-7-2-1-3-8(12)9(7)10-14-5-6(4-13)15-10/h1-3,5H. The van der Waals surface area contributed by atoms with Gasteiger partial charge in [0.25, 0.3) is 0 Å². The van der Waals surface area contributed by atoms with E-state index in [1.807, 2.05) is 6.07 Å². The summed E-state index contributed by atoms with van der Waals surface area (Å²) in [7, 11) is 0. The van der Waals surface area contributed by atoms with Crippen LogP contribution in [0.25, 0.3) is 10.6 Å². The zero-order valence-electron chi connectivity index (χ0n) is 7.37. The first-order valence-electron chi connectivity index (χ1n) is 4.02. The molecule has 0 N–H and O–H groups in total. The van der Waals surface area contributed by atoms with Crippen LogP contribution in [0.3, 0.4) is 0 Å². The van der Waals surface area contributed by atoms with Crippen molar-refractivity contribution in [2.75, 3.05) is 0 Å². The zero-order valence-corrected chi connectivity index (χ0v) is 8.18. The number of thiazole rings is 1. The van der Waals surface area contributed by atoms with Crippen molar-refractivity contribution in [3.8, 4) is 16.6 Å². The minimum absolute atomic E-state index is 0.177. The Bertz CT molecular complexity index is 522. The van der Waals surface area contributed by atoms with Crippen LogP contribution in [0.15, 0.2) is 24.4 Å². The molecule has 2 rings (SSSR count). The van der Waals surface area contributed by atoms with Crippen LogP contribution in [0.5, 0.6) is 0 Å². The summed E-state index contributed by atoms with van der Waals surface area (Å²) in [5.41, 5.74) is -0.177. The molecule has 0 aliphatic rings. The Kier molecular flexibility index (Phi) is 2.44. The second-order valence-electron chi connectivity index (χ2n) is 2.74. The molecule has 1 aromatic heterocycles. The van der Waals surface area contributed by atoms with Crippen LogP contribution in [0.1, 0.15) is 4.88 Å². The van der Waals surface area contributed by atoms with Crippen molar-refractivity contribution in [3.05, 3.63) is 40.9 Å². The predicted molar refractivity (Wildman–Crippen MR) is 52.2 cm³/mol. The summed E-state index contributed by atoms with van der Waals surface area (Å²) in [5, 5.41) is 8.75. The molecule has 0 spiro atoms. The SMILES string of the molecule is N#Cc1cnc(-c2c(F)cccc2F)s1. The van der Waals surface area contributed by atoms with Gasteiger partial charge in [-0.2, -0.15) is 5.26 Å². The molecule has 0 amide bonds. The number of nitrogens with zero attached hydrogens (tertiary/aromatic N) is 2. The molecule has 74 valence electrons. The largest absolute Gasteiger partial charge is 0.243 e. The Balaban J connectivity index is 2.59. The fourth-order valence-corrected chi connectivity index (χ4v) is 1.91. The molecule has 1 heterocycles. The van der Waals surface area contributed by atoms with Crippen LogP contribution in [-0.4, -0.2) is 4.98 Å². The maximum atomic E-state index is 13.3. The summed E-state index contributed by atoms with van der Waals surface area (Å²) in [6, 6.07) is 5.47. The lowest BCUT2D eigenvalue weighted by atomic mass is 10.2. The lowest BCUT2D eigenvalue weighted by Crippen LogP contribution is -1.87. The zero-order chi connectivity index (χ0) is 10.8. The molecule has 0 aliphatic carbocycles. The average molecular weight is 222 g/mol. The number of hydrogen-bond donors (Lipinski definition) is 0. The quantitative estimate of drug-likeness (QED) is 0.743. The van der Waals surface area contributed by atoms with Crippen LogP contribution in [-0.2, 0) is 0 Å². The average Bonchev–Trinajstić information content (AvgIpc) is 2.66. The first-order chi connectivity index (χ1) is 7.22. The van der Waals surface area contributed by atoms with Gasteiger partial charge >= 0.3 is 0 Å². The summed E-state index contributed by atoms with van der Waals surface area (Å²) >= 11 is 0.962. The molecule has 5 heteroatoms. The summed E-state index contributed by atoms with van der Waals surface area (Å²) < 4.78 is 26.6. The smallest absolute Gasteiger partial charge is 0.136 e. The number of hydrogen-bond acceptors (Lipinski definition) is 3. The topological polar surface area (TPSA) is 36.7 Å². The normalized spacial score (nSPS) is 9.93. The Morgan fingerprint density at radius 3 is 2.47 bits per heavy atom. The molecule has 2 nitrogen and oxygen atoms in total. The van der Waals surface area contributed by atoms with Gasteiger partial charge in [-0.05, 0) is 12.1 Å². The van der Waals surface area contributed by atoms with E-state index in [4.69, 9.17) is 5.26 Å². The molecule has 0 unspecified atom stereocenters. The van der Waals surface area contributed by atoms with Crippen LogP contribution < -0.4 is 0 Å². The first-order valence-corrected chi connectivity index (χ1v) is 4.84. The molecule has 1 aromatic carbocycles. The first kappa shape index (κ1) is 9.74. The molecule has 2 aromatic rings. The Labute approximate surface area is 88.4 Å². The minimum atomic E-state index is -0.672. The Morgan fingerprint density at radius 2 is 1.93 bits per heavy atom. The molecule has 0 aliphatic heterocycles. The van der Waals surface area contributed by atoms with Crippen molar-refractivity contribution >= 4 is 11.3 Å². The second kappa shape index (κ2) is 3.75. The fourth-order valence-electron chi connectivity index (χ4n) is 1.14. The lowest BCUT2D eigenvalue weighted by Gasteiger charge is -1.99. The van der Waals surface area contributed by atoms with Crippen molar-refractivity contribution in [3.63, 3.8) is 0 Å². The van der Waals surface area contributed by atoms with Crippen molar-refractivity contribution in [2.24, 2.45) is 0 Å². The van der Waals surface area contributed by atoms with Gasteiger partial charge in [0.1, 0.15) is 27.6 Å². The van der Waals surface area contributed by atoms with Crippen molar-refractivity contribution in [1.29, 1.82) is 5.26 Å². The summed E-state index contributed by atoms with van der Waals surface area (Å²) in [5.74, 6) is -1.34. The van der Waals surface area contributed by atoms with Gasteiger partial charge in [-0.25, -0.2) is 13.8 Å². The highest BCUT2D eigenvalue weighted by molar-refractivity contribution is 7.15. The number of nitriles is 1. The number of halogens is 2.